The average Bonchev–Trinajstić information content (AvgIpc) is 3.28. The Morgan fingerprint density at radius 3 is 2.29 bits per heavy atom. The molecular formula is C28H28N2O. The van der Waals surface area contributed by atoms with Crippen LogP contribution >= 0.6 is 0 Å². The van der Waals surface area contributed by atoms with Crippen LogP contribution in [0.25, 0.3) is 0 Å². The predicted octanol–water partition coefficient (Wildman–Crippen LogP) is 5.96. The van der Waals surface area contributed by atoms with E-state index in [0.717, 1.165) is 37.8 Å². The maximum Gasteiger partial charge on any atom is 0.119 e. The molecule has 0 fully saturated rings. The van der Waals surface area contributed by atoms with Gasteiger partial charge in [-0.2, -0.15) is 5.10 Å². The number of hydrogen-bond acceptors (Lipinski definition) is 2. The van der Waals surface area contributed by atoms with Gasteiger partial charge in [0.2, 0.25) is 0 Å². The van der Waals surface area contributed by atoms with E-state index in [1.54, 1.807) is 6.07 Å². The molecule has 1 aromatic heterocycles. The zero-order chi connectivity index (χ0) is 21.0. The Morgan fingerprint density at radius 1 is 0.871 bits per heavy atom. The van der Waals surface area contributed by atoms with E-state index in [1.807, 2.05) is 12.3 Å². The fraction of sp³-hybridized carbons (Fsp3) is 0.250. The summed E-state index contributed by atoms with van der Waals surface area (Å²) in [6.07, 6.45) is 8.51. The minimum Gasteiger partial charge on any atom is -0.508 e. The van der Waals surface area contributed by atoms with Gasteiger partial charge >= 0.3 is 0 Å². The second-order valence-electron chi connectivity index (χ2n) is 8.60. The number of phenols is 1. The molecule has 3 nitrogen and oxygen atoms in total. The summed E-state index contributed by atoms with van der Waals surface area (Å²) in [5.41, 5.74) is 6.27. The number of phenolic OH excluding ortho intramolecular Hbond substituents is 1. The maximum absolute atomic E-state index is 10.1. The zero-order valence-corrected chi connectivity index (χ0v) is 17.7. The van der Waals surface area contributed by atoms with Gasteiger partial charge in [0.05, 0.1) is 6.20 Å². The van der Waals surface area contributed by atoms with Crippen molar-refractivity contribution >= 4 is 0 Å². The van der Waals surface area contributed by atoms with E-state index in [-0.39, 0.29) is 5.92 Å². The molecule has 1 N–H and O–H groups in total. The van der Waals surface area contributed by atoms with Gasteiger partial charge in [-0.3, -0.25) is 4.68 Å². The fourth-order valence-corrected chi connectivity index (χ4v) is 4.94. The normalized spacial score (nSPS) is 15.7. The molecule has 5 rings (SSSR count). The molecule has 1 heterocycles. The fourth-order valence-electron chi connectivity index (χ4n) is 4.94. The van der Waals surface area contributed by atoms with Gasteiger partial charge < -0.3 is 5.11 Å². The van der Waals surface area contributed by atoms with Crippen molar-refractivity contribution in [1.29, 1.82) is 0 Å². The van der Waals surface area contributed by atoms with Gasteiger partial charge in [0.1, 0.15) is 5.75 Å². The van der Waals surface area contributed by atoms with Gasteiger partial charge in [0.15, 0.2) is 0 Å². The van der Waals surface area contributed by atoms with Crippen LogP contribution in [0.3, 0.4) is 0 Å². The number of fused-ring (bicyclic) bond motifs is 1. The Morgan fingerprint density at radius 2 is 1.58 bits per heavy atom. The van der Waals surface area contributed by atoms with Crippen LogP contribution in [-0.2, 0) is 19.4 Å². The molecule has 31 heavy (non-hydrogen) atoms. The second kappa shape index (κ2) is 8.81. The number of aromatic hydroxyl groups is 1. The standard InChI is InChI=1S/C28H28N2O/c31-27-13-7-12-24-18-21(14-15-26(24)27)16-17-30-20-25(19-29-30)28(22-8-3-1-4-9-22)23-10-5-2-6-11-23/h1-13,19-21,28,31H,14-18H2. The lowest BCUT2D eigenvalue weighted by Gasteiger charge is -2.25. The third-order valence-electron chi connectivity index (χ3n) is 6.58. The van der Waals surface area contributed by atoms with Gasteiger partial charge in [-0.15, -0.1) is 0 Å². The molecule has 156 valence electrons. The van der Waals surface area contributed by atoms with Crippen molar-refractivity contribution in [2.75, 3.05) is 0 Å². The molecule has 1 unspecified atom stereocenters. The Kier molecular flexibility index (Phi) is 5.57. The Bertz CT molecular complexity index is 1090. The molecule has 0 bridgehead atoms. The first kappa shape index (κ1) is 19.6. The molecular weight excluding hydrogens is 380 g/mol. The summed E-state index contributed by atoms with van der Waals surface area (Å²) in [7, 11) is 0. The molecule has 3 heteroatoms. The molecule has 0 amide bonds. The largest absolute Gasteiger partial charge is 0.508 e. The highest BCUT2D eigenvalue weighted by molar-refractivity contribution is 5.42. The molecule has 1 aliphatic rings. The van der Waals surface area contributed by atoms with Crippen molar-refractivity contribution < 1.29 is 5.11 Å². The van der Waals surface area contributed by atoms with Crippen LogP contribution in [0, 0.1) is 5.92 Å². The highest BCUT2D eigenvalue weighted by Gasteiger charge is 2.22. The minimum atomic E-state index is 0.195. The SMILES string of the molecule is Oc1cccc2c1CCC(CCn1cc(C(c3ccccc3)c3ccccc3)cn1)C2. The summed E-state index contributed by atoms with van der Waals surface area (Å²) >= 11 is 0. The number of aromatic nitrogens is 2. The number of benzene rings is 3. The van der Waals surface area contributed by atoms with Crippen molar-refractivity contribution in [3.8, 4) is 5.75 Å². The Hall–Kier alpha value is -3.33. The lowest BCUT2D eigenvalue weighted by molar-refractivity contribution is 0.379. The van der Waals surface area contributed by atoms with Crippen LogP contribution in [0.2, 0.25) is 0 Å². The van der Waals surface area contributed by atoms with Crippen molar-refractivity contribution in [2.45, 2.75) is 38.1 Å². The van der Waals surface area contributed by atoms with Crippen LogP contribution in [-0.4, -0.2) is 14.9 Å². The molecule has 1 aliphatic carbocycles. The van der Waals surface area contributed by atoms with E-state index in [0.29, 0.717) is 11.7 Å². The van der Waals surface area contributed by atoms with Crippen LogP contribution in [0.15, 0.2) is 91.3 Å². The quantitative estimate of drug-likeness (QED) is 0.427. The summed E-state index contributed by atoms with van der Waals surface area (Å²) < 4.78 is 2.10. The van der Waals surface area contributed by atoms with Crippen molar-refractivity contribution in [3.63, 3.8) is 0 Å². The van der Waals surface area contributed by atoms with E-state index in [9.17, 15) is 5.11 Å². The lowest BCUT2D eigenvalue weighted by atomic mass is 9.82. The number of nitrogens with zero attached hydrogens (tertiary/aromatic N) is 2. The molecule has 0 aliphatic heterocycles. The van der Waals surface area contributed by atoms with Crippen LogP contribution in [0.5, 0.6) is 5.75 Å². The highest BCUT2D eigenvalue weighted by Crippen LogP contribution is 2.34. The smallest absolute Gasteiger partial charge is 0.119 e. The topological polar surface area (TPSA) is 38.0 Å². The summed E-state index contributed by atoms with van der Waals surface area (Å²) in [6, 6.07) is 27.3. The second-order valence-corrected chi connectivity index (χ2v) is 8.60. The highest BCUT2D eigenvalue weighted by atomic mass is 16.3. The zero-order valence-electron chi connectivity index (χ0n) is 17.7. The summed E-state index contributed by atoms with van der Waals surface area (Å²) in [6.45, 7) is 0.926. The molecule has 0 spiro atoms. The Balaban J connectivity index is 1.31. The predicted molar refractivity (Wildman–Crippen MR) is 124 cm³/mol. The maximum atomic E-state index is 10.1. The summed E-state index contributed by atoms with van der Waals surface area (Å²) in [5, 5.41) is 14.8. The average molecular weight is 409 g/mol. The molecule has 0 radical (unpaired) electrons. The van der Waals surface area contributed by atoms with Crippen molar-refractivity contribution in [1.82, 2.24) is 9.78 Å². The Labute approximate surface area is 184 Å². The molecule has 1 atom stereocenters. The van der Waals surface area contributed by atoms with Gasteiger partial charge in [-0.05, 0) is 59.9 Å². The summed E-state index contributed by atoms with van der Waals surface area (Å²) in [5.74, 6) is 1.29. The summed E-state index contributed by atoms with van der Waals surface area (Å²) in [4.78, 5) is 0. The van der Waals surface area contributed by atoms with E-state index in [2.05, 4.69) is 77.6 Å². The van der Waals surface area contributed by atoms with Crippen LogP contribution in [0.4, 0.5) is 0 Å². The minimum absolute atomic E-state index is 0.195. The van der Waals surface area contributed by atoms with E-state index in [4.69, 9.17) is 5.10 Å². The van der Waals surface area contributed by atoms with Crippen LogP contribution < -0.4 is 0 Å². The van der Waals surface area contributed by atoms with Gasteiger partial charge in [0.25, 0.3) is 0 Å². The van der Waals surface area contributed by atoms with E-state index < -0.39 is 0 Å². The van der Waals surface area contributed by atoms with Crippen LogP contribution in [0.1, 0.15) is 46.6 Å². The van der Waals surface area contributed by atoms with Gasteiger partial charge in [-0.1, -0.05) is 72.8 Å². The monoisotopic (exact) mass is 408 g/mol. The van der Waals surface area contributed by atoms with Crippen molar-refractivity contribution in [3.05, 3.63) is 119 Å². The lowest BCUT2D eigenvalue weighted by Crippen LogP contribution is -2.16. The van der Waals surface area contributed by atoms with Gasteiger partial charge in [-0.25, -0.2) is 0 Å². The molecule has 3 aromatic carbocycles. The number of hydrogen-bond donors (Lipinski definition) is 1. The first-order valence-electron chi connectivity index (χ1n) is 11.2. The molecule has 0 saturated heterocycles. The van der Waals surface area contributed by atoms with E-state index >= 15 is 0 Å². The third-order valence-corrected chi connectivity index (χ3v) is 6.58. The van der Waals surface area contributed by atoms with E-state index in [1.165, 1.54) is 22.3 Å². The first-order chi connectivity index (χ1) is 15.3. The van der Waals surface area contributed by atoms with Crippen molar-refractivity contribution in [2.24, 2.45) is 5.92 Å². The number of rotatable bonds is 6. The number of aryl methyl sites for hydroxylation is 1. The molecule has 0 saturated carbocycles. The van der Waals surface area contributed by atoms with Gasteiger partial charge in [0, 0.05) is 24.2 Å². The third kappa shape index (κ3) is 4.27. The molecule has 4 aromatic rings. The first-order valence-corrected chi connectivity index (χ1v) is 11.2.